The lowest BCUT2D eigenvalue weighted by Crippen LogP contribution is -2.38. The van der Waals surface area contributed by atoms with Gasteiger partial charge in [-0.25, -0.2) is 4.79 Å². The summed E-state index contributed by atoms with van der Waals surface area (Å²) >= 11 is 0. The average Bonchev–Trinajstić information content (AvgIpc) is 3.14. The maximum absolute atomic E-state index is 11.2. The van der Waals surface area contributed by atoms with E-state index in [0.29, 0.717) is 18.4 Å². The van der Waals surface area contributed by atoms with Crippen molar-refractivity contribution in [2.24, 2.45) is 11.8 Å². The van der Waals surface area contributed by atoms with E-state index in [4.69, 9.17) is 4.74 Å². The van der Waals surface area contributed by atoms with Gasteiger partial charge in [-0.15, -0.1) is 5.73 Å². The molecule has 5 nitrogen and oxygen atoms in total. The zero-order chi connectivity index (χ0) is 20.2. The molecule has 2 atom stereocenters. The molecule has 2 rings (SSSR count). The second-order valence-corrected chi connectivity index (χ2v) is 7.06. The first-order chi connectivity index (χ1) is 13.5. The highest BCUT2D eigenvalue weighted by Gasteiger charge is 2.32. The summed E-state index contributed by atoms with van der Waals surface area (Å²) in [5, 5.41) is 19.1. The number of benzene rings is 1. The number of allylic oxidation sites excluding steroid dienone is 1. The second kappa shape index (κ2) is 11.5. The molecule has 1 aliphatic rings. The van der Waals surface area contributed by atoms with Crippen LogP contribution in [0.3, 0.4) is 0 Å². The first kappa shape index (κ1) is 22.0. The molecule has 0 unspecified atom stereocenters. The molecular weight excluding hydrogens is 356 g/mol. The Bertz CT molecular complexity index is 686. The van der Waals surface area contributed by atoms with Crippen molar-refractivity contribution in [3.8, 4) is 5.75 Å². The maximum atomic E-state index is 11.2. The van der Waals surface area contributed by atoms with Crippen LogP contribution < -0.4 is 4.74 Å². The van der Waals surface area contributed by atoms with Crippen LogP contribution in [0.1, 0.15) is 38.5 Å². The summed E-state index contributed by atoms with van der Waals surface area (Å²) in [7, 11) is 1.12. The van der Waals surface area contributed by atoms with Gasteiger partial charge in [0.25, 0.3) is 5.79 Å². The molecule has 1 aliphatic carbocycles. The summed E-state index contributed by atoms with van der Waals surface area (Å²) in [6, 6.07) is 9.82. The van der Waals surface area contributed by atoms with E-state index in [1.807, 2.05) is 36.4 Å². The predicted octanol–water partition coefficient (Wildman–Crippen LogP) is 3.77. The normalized spacial score (nSPS) is 19.2. The monoisotopic (exact) mass is 386 g/mol. The number of hydrogen-bond acceptors (Lipinski definition) is 5. The number of aliphatic hydroxyl groups is 2. The molecule has 0 bridgehead atoms. The van der Waals surface area contributed by atoms with E-state index in [2.05, 4.69) is 22.6 Å². The molecule has 28 heavy (non-hydrogen) atoms. The van der Waals surface area contributed by atoms with Gasteiger partial charge in [0.1, 0.15) is 5.75 Å². The predicted molar refractivity (Wildman–Crippen MR) is 108 cm³/mol. The Balaban J connectivity index is 1.71. The third kappa shape index (κ3) is 7.35. The number of esters is 1. The van der Waals surface area contributed by atoms with Gasteiger partial charge in [-0.3, -0.25) is 0 Å². The van der Waals surface area contributed by atoms with Crippen LogP contribution in [0.2, 0.25) is 0 Å². The average molecular weight is 386 g/mol. The van der Waals surface area contributed by atoms with Gasteiger partial charge in [-0.1, -0.05) is 36.8 Å². The van der Waals surface area contributed by atoms with Crippen LogP contribution in [0.5, 0.6) is 5.75 Å². The minimum Gasteiger partial charge on any atom is -0.493 e. The summed E-state index contributed by atoms with van der Waals surface area (Å²) in [4.78, 5) is 11.2. The van der Waals surface area contributed by atoms with Crippen LogP contribution in [0.4, 0.5) is 0 Å². The van der Waals surface area contributed by atoms with Crippen molar-refractivity contribution in [1.82, 2.24) is 0 Å². The standard InChI is InChI=1S/C23H30O5/c1-27-22(24)23(25,26)17-8-3-4-11-19-13-10-14-20(19)12-7-9-18-28-21-15-5-2-6-16-21/h2,4-8,12,15-16,19-20,25-26H,9-11,13-14,17-18H2,1H3/t3?,19-,20-/m0/s1. The number of rotatable bonds is 10. The Morgan fingerprint density at radius 1 is 1.25 bits per heavy atom. The van der Waals surface area contributed by atoms with Crippen molar-refractivity contribution in [2.45, 2.75) is 44.3 Å². The molecule has 0 radical (unpaired) electrons. The summed E-state index contributed by atoms with van der Waals surface area (Å²) in [6.07, 6.45) is 13.0. The third-order valence-corrected chi connectivity index (χ3v) is 4.95. The molecule has 0 aromatic heterocycles. The number of carbonyl (C=O) groups excluding carboxylic acids is 1. The molecule has 1 aromatic carbocycles. The third-order valence-electron chi connectivity index (χ3n) is 4.95. The Labute approximate surface area is 167 Å². The number of methoxy groups -OCH3 is 1. The summed E-state index contributed by atoms with van der Waals surface area (Å²) in [5.74, 6) is -1.53. The first-order valence-electron chi connectivity index (χ1n) is 9.80. The van der Waals surface area contributed by atoms with E-state index >= 15 is 0 Å². The molecule has 0 amide bonds. The highest BCUT2D eigenvalue weighted by Crippen LogP contribution is 2.35. The van der Waals surface area contributed by atoms with Crippen LogP contribution in [-0.2, 0) is 9.53 Å². The van der Waals surface area contributed by atoms with Gasteiger partial charge < -0.3 is 19.7 Å². The molecule has 1 saturated carbocycles. The Morgan fingerprint density at radius 2 is 2.04 bits per heavy atom. The maximum Gasteiger partial charge on any atom is 0.366 e. The van der Waals surface area contributed by atoms with Crippen molar-refractivity contribution in [1.29, 1.82) is 0 Å². The lowest BCUT2D eigenvalue weighted by molar-refractivity contribution is -0.205. The molecule has 0 aliphatic heterocycles. The van der Waals surface area contributed by atoms with Gasteiger partial charge in [0.2, 0.25) is 0 Å². The van der Waals surface area contributed by atoms with Crippen LogP contribution in [0.25, 0.3) is 0 Å². The fourth-order valence-corrected chi connectivity index (χ4v) is 3.39. The minimum absolute atomic E-state index is 0.244. The smallest absolute Gasteiger partial charge is 0.366 e. The zero-order valence-electron chi connectivity index (χ0n) is 16.4. The van der Waals surface area contributed by atoms with Gasteiger partial charge in [-0.05, 0) is 61.8 Å². The van der Waals surface area contributed by atoms with E-state index in [1.54, 1.807) is 0 Å². The molecule has 5 heteroatoms. The summed E-state index contributed by atoms with van der Waals surface area (Å²) < 4.78 is 10.0. The largest absolute Gasteiger partial charge is 0.493 e. The fraction of sp³-hybridized carbons (Fsp3) is 0.478. The number of carbonyl (C=O) groups is 1. The fourth-order valence-electron chi connectivity index (χ4n) is 3.39. The van der Waals surface area contributed by atoms with Crippen molar-refractivity contribution in [3.63, 3.8) is 0 Å². The Morgan fingerprint density at radius 3 is 2.79 bits per heavy atom. The topological polar surface area (TPSA) is 76.0 Å². The van der Waals surface area contributed by atoms with E-state index in [-0.39, 0.29) is 6.42 Å². The molecule has 1 aromatic rings. The van der Waals surface area contributed by atoms with Gasteiger partial charge in [-0.2, -0.15) is 0 Å². The number of hydrogen-bond donors (Lipinski definition) is 2. The molecule has 0 heterocycles. The summed E-state index contributed by atoms with van der Waals surface area (Å²) in [6.45, 7) is 0.671. The molecule has 0 spiro atoms. The summed E-state index contributed by atoms with van der Waals surface area (Å²) in [5.41, 5.74) is 2.94. The van der Waals surface area contributed by atoms with Crippen molar-refractivity contribution >= 4 is 5.97 Å². The molecular formula is C23H30O5. The van der Waals surface area contributed by atoms with E-state index in [9.17, 15) is 15.0 Å². The van der Waals surface area contributed by atoms with Gasteiger partial charge in [0.05, 0.1) is 13.7 Å². The second-order valence-electron chi connectivity index (χ2n) is 7.06. The van der Waals surface area contributed by atoms with E-state index in [0.717, 1.165) is 25.7 Å². The van der Waals surface area contributed by atoms with E-state index in [1.165, 1.54) is 25.3 Å². The lowest BCUT2D eigenvalue weighted by atomic mass is 9.92. The van der Waals surface area contributed by atoms with Gasteiger partial charge >= 0.3 is 5.97 Å². The van der Waals surface area contributed by atoms with E-state index < -0.39 is 11.8 Å². The molecule has 1 fully saturated rings. The van der Waals surface area contributed by atoms with Crippen LogP contribution >= 0.6 is 0 Å². The van der Waals surface area contributed by atoms with Gasteiger partial charge in [0, 0.05) is 6.42 Å². The van der Waals surface area contributed by atoms with Crippen molar-refractivity contribution < 1.29 is 24.5 Å². The molecule has 152 valence electrons. The van der Waals surface area contributed by atoms with Crippen molar-refractivity contribution in [3.05, 3.63) is 60.4 Å². The highest BCUT2D eigenvalue weighted by molar-refractivity contribution is 5.77. The minimum atomic E-state index is -2.49. The lowest BCUT2D eigenvalue weighted by Gasteiger charge is -2.15. The molecule has 2 N–H and O–H groups in total. The first-order valence-corrected chi connectivity index (χ1v) is 9.80. The quantitative estimate of drug-likeness (QED) is 0.210. The van der Waals surface area contributed by atoms with Gasteiger partial charge in [0.15, 0.2) is 0 Å². The molecule has 0 saturated heterocycles. The highest BCUT2D eigenvalue weighted by atomic mass is 16.6. The van der Waals surface area contributed by atoms with Crippen LogP contribution in [-0.4, -0.2) is 35.7 Å². The Kier molecular flexibility index (Phi) is 9.02. The van der Waals surface area contributed by atoms with Crippen molar-refractivity contribution in [2.75, 3.05) is 13.7 Å². The zero-order valence-corrected chi connectivity index (χ0v) is 16.4. The SMILES string of the molecule is COC(=O)C(O)(O)CC=C=CC[C@H]1CCC[C@@H]1C=CCCOc1ccccc1. The number of para-hydroxylation sites is 1. The number of ether oxygens (including phenoxy) is 2. The Hall–Kier alpha value is -2.33. The van der Waals surface area contributed by atoms with Crippen LogP contribution in [0.15, 0.2) is 60.4 Å². The van der Waals surface area contributed by atoms with Crippen LogP contribution in [0, 0.1) is 11.8 Å².